The van der Waals surface area contributed by atoms with Gasteiger partial charge in [0, 0.05) is 18.0 Å². The van der Waals surface area contributed by atoms with Crippen molar-refractivity contribution in [2.24, 2.45) is 0 Å². The van der Waals surface area contributed by atoms with Crippen molar-refractivity contribution >= 4 is 28.1 Å². The quantitative estimate of drug-likeness (QED) is 0.811. The first kappa shape index (κ1) is 19.3. The third-order valence-corrected chi connectivity index (χ3v) is 3.55. The Bertz CT molecular complexity index is 766. The van der Waals surface area contributed by atoms with Crippen LogP contribution in [0.25, 0.3) is 11.5 Å². The predicted octanol–water partition coefficient (Wildman–Crippen LogP) is 1.82. The fourth-order valence-electron chi connectivity index (χ4n) is 1.77. The van der Waals surface area contributed by atoms with Crippen LogP contribution in [-0.4, -0.2) is 37.9 Å². The average Bonchev–Trinajstić information content (AvgIpc) is 2.88. The molecule has 0 bridgehead atoms. The van der Waals surface area contributed by atoms with Gasteiger partial charge in [-0.25, -0.2) is 12.8 Å². The second-order valence-electron chi connectivity index (χ2n) is 4.98. The Balaban J connectivity index is 0.00000264. The summed E-state index contributed by atoms with van der Waals surface area (Å²) in [5, 5.41) is 6.91. The molecule has 0 radical (unpaired) electrons. The molecular formula is C13H18ClFN4O3S. The van der Waals surface area contributed by atoms with Crippen LogP contribution in [0.1, 0.15) is 12.7 Å². The SMILES string of the molecule is CNC(C)Cc1noc(-c2ccc(F)c(NS(C)(=O)=O)c2)n1.Cl. The third kappa shape index (κ3) is 5.45. The van der Waals surface area contributed by atoms with Crippen LogP contribution in [0.2, 0.25) is 0 Å². The summed E-state index contributed by atoms with van der Waals surface area (Å²) in [4.78, 5) is 4.22. The molecule has 1 aromatic heterocycles. The number of nitrogens with one attached hydrogen (secondary N) is 2. The van der Waals surface area contributed by atoms with Crippen LogP contribution in [0, 0.1) is 5.82 Å². The van der Waals surface area contributed by atoms with E-state index in [9.17, 15) is 12.8 Å². The summed E-state index contributed by atoms with van der Waals surface area (Å²) in [5.41, 5.74) is 0.270. The van der Waals surface area contributed by atoms with E-state index in [1.54, 1.807) is 0 Å². The smallest absolute Gasteiger partial charge is 0.257 e. The van der Waals surface area contributed by atoms with Gasteiger partial charge in [0.05, 0.1) is 11.9 Å². The van der Waals surface area contributed by atoms with E-state index in [1.165, 1.54) is 12.1 Å². The van der Waals surface area contributed by atoms with Gasteiger partial charge in [0.1, 0.15) is 5.82 Å². The first-order valence-electron chi connectivity index (χ1n) is 6.56. The maximum absolute atomic E-state index is 13.6. The lowest BCUT2D eigenvalue weighted by Gasteiger charge is -2.06. The van der Waals surface area contributed by atoms with E-state index >= 15 is 0 Å². The number of benzene rings is 1. The van der Waals surface area contributed by atoms with Crippen molar-refractivity contribution in [3.8, 4) is 11.5 Å². The van der Waals surface area contributed by atoms with Gasteiger partial charge in [-0.15, -0.1) is 12.4 Å². The summed E-state index contributed by atoms with van der Waals surface area (Å²) in [6.45, 7) is 1.97. The Kier molecular flexibility index (Phi) is 6.48. The molecule has 10 heteroatoms. The fourth-order valence-corrected chi connectivity index (χ4v) is 2.32. The number of nitrogens with zero attached hydrogens (tertiary/aromatic N) is 2. The van der Waals surface area contributed by atoms with Gasteiger partial charge >= 0.3 is 0 Å². The molecule has 7 nitrogen and oxygen atoms in total. The zero-order chi connectivity index (χ0) is 16.3. The van der Waals surface area contributed by atoms with Gasteiger partial charge in [0.2, 0.25) is 10.0 Å². The molecule has 0 aliphatic carbocycles. The lowest BCUT2D eigenvalue weighted by Crippen LogP contribution is -2.24. The molecule has 1 aromatic carbocycles. The highest BCUT2D eigenvalue weighted by atomic mass is 35.5. The van der Waals surface area contributed by atoms with Gasteiger partial charge in [-0.1, -0.05) is 5.16 Å². The lowest BCUT2D eigenvalue weighted by molar-refractivity contribution is 0.418. The average molecular weight is 365 g/mol. The van der Waals surface area contributed by atoms with Crippen LogP contribution in [0.3, 0.4) is 0 Å². The molecular weight excluding hydrogens is 347 g/mol. The number of sulfonamides is 1. The Hall–Kier alpha value is -1.71. The van der Waals surface area contributed by atoms with Gasteiger partial charge in [0.25, 0.3) is 5.89 Å². The Morgan fingerprint density at radius 1 is 1.39 bits per heavy atom. The maximum Gasteiger partial charge on any atom is 0.257 e. The van der Waals surface area contributed by atoms with Crippen LogP contribution >= 0.6 is 12.4 Å². The van der Waals surface area contributed by atoms with Gasteiger partial charge < -0.3 is 9.84 Å². The second kappa shape index (κ2) is 7.71. The highest BCUT2D eigenvalue weighted by molar-refractivity contribution is 7.92. The number of anilines is 1. The molecule has 128 valence electrons. The van der Waals surface area contributed by atoms with Gasteiger partial charge in [-0.05, 0) is 32.2 Å². The molecule has 1 unspecified atom stereocenters. The summed E-state index contributed by atoms with van der Waals surface area (Å²) >= 11 is 0. The first-order chi connectivity index (χ1) is 10.3. The van der Waals surface area contributed by atoms with Crippen LogP contribution in [-0.2, 0) is 16.4 Å². The van der Waals surface area contributed by atoms with Crippen LogP contribution in [0.4, 0.5) is 10.1 Å². The van der Waals surface area contributed by atoms with Gasteiger partial charge in [0.15, 0.2) is 5.82 Å². The van der Waals surface area contributed by atoms with E-state index in [-0.39, 0.29) is 30.0 Å². The Morgan fingerprint density at radius 3 is 2.70 bits per heavy atom. The number of rotatable bonds is 6. The van der Waals surface area contributed by atoms with Crippen molar-refractivity contribution in [3.63, 3.8) is 0 Å². The van der Waals surface area contributed by atoms with E-state index in [1.807, 2.05) is 14.0 Å². The summed E-state index contributed by atoms with van der Waals surface area (Å²) < 4.78 is 43.3. The first-order valence-corrected chi connectivity index (χ1v) is 8.45. The topological polar surface area (TPSA) is 97.1 Å². The minimum Gasteiger partial charge on any atom is -0.334 e. The maximum atomic E-state index is 13.6. The van der Waals surface area contributed by atoms with Crippen molar-refractivity contribution < 1.29 is 17.3 Å². The number of hydrogen-bond donors (Lipinski definition) is 2. The zero-order valence-corrected chi connectivity index (χ0v) is 14.5. The van der Waals surface area contributed by atoms with E-state index < -0.39 is 15.8 Å². The molecule has 2 aromatic rings. The third-order valence-electron chi connectivity index (χ3n) is 2.96. The highest BCUT2D eigenvalue weighted by Gasteiger charge is 2.14. The lowest BCUT2D eigenvalue weighted by atomic mass is 10.2. The number of hydrogen-bond acceptors (Lipinski definition) is 6. The van der Waals surface area contributed by atoms with Crippen molar-refractivity contribution in [2.75, 3.05) is 18.0 Å². The fraction of sp³-hybridized carbons (Fsp3) is 0.385. The van der Waals surface area contributed by atoms with E-state index in [4.69, 9.17) is 4.52 Å². The van der Waals surface area contributed by atoms with Gasteiger partial charge in [-0.3, -0.25) is 4.72 Å². The minimum absolute atomic E-state index is 0. The molecule has 0 saturated carbocycles. The molecule has 0 amide bonds. The molecule has 1 atom stereocenters. The summed E-state index contributed by atoms with van der Waals surface area (Å²) in [6, 6.07) is 4.08. The predicted molar refractivity (Wildman–Crippen MR) is 87.6 cm³/mol. The molecule has 0 spiro atoms. The van der Waals surface area contributed by atoms with Crippen molar-refractivity contribution in [1.29, 1.82) is 0 Å². The monoisotopic (exact) mass is 364 g/mol. The van der Waals surface area contributed by atoms with E-state index in [2.05, 4.69) is 20.2 Å². The number of halogens is 2. The second-order valence-corrected chi connectivity index (χ2v) is 6.73. The molecule has 2 rings (SSSR count). The Morgan fingerprint density at radius 2 is 2.09 bits per heavy atom. The van der Waals surface area contributed by atoms with Crippen LogP contribution in [0.15, 0.2) is 22.7 Å². The molecule has 0 saturated heterocycles. The van der Waals surface area contributed by atoms with Gasteiger partial charge in [-0.2, -0.15) is 4.98 Å². The molecule has 23 heavy (non-hydrogen) atoms. The molecule has 2 N–H and O–H groups in total. The molecule has 0 aliphatic heterocycles. The molecule has 0 fully saturated rings. The van der Waals surface area contributed by atoms with E-state index in [0.717, 1.165) is 12.3 Å². The molecule has 0 aliphatic rings. The normalized spacial score (nSPS) is 12.5. The van der Waals surface area contributed by atoms with Crippen molar-refractivity contribution in [3.05, 3.63) is 29.8 Å². The Labute approximate surface area is 140 Å². The van der Waals surface area contributed by atoms with Crippen molar-refractivity contribution in [2.45, 2.75) is 19.4 Å². The largest absolute Gasteiger partial charge is 0.334 e. The van der Waals surface area contributed by atoms with Crippen LogP contribution in [0.5, 0.6) is 0 Å². The van der Waals surface area contributed by atoms with Crippen molar-refractivity contribution in [1.82, 2.24) is 15.5 Å². The number of likely N-dealkylation sites (N-methyl/N-ethyl adjacent to an activating group) is 1. The summed E-state index contributed by atoms with van der Waals surface area (Å²) in [6.07, 6.45) is 1.53. The highest BCUT2D eigenvalue weighted by Crippen LogP contribution is 2.24. The summed E-state index contributed by atoms with van der Waals surface area (Å²) in [5.74, 6) is 0.0337. The molecule has 1 heterocycles. The summed E-state index contributed by atoms with van der Waals surface area (Å²) in [7, 11) is -1.75. The standard InChI is InChI=1S/C13H17FN4O3S.ClH/c1-8(15-2)6-12-16-13(21-17-12)9-4-5-10(14)11(7-9)18-22(3,19)20;/h4-5,7-8,15,18H,6H2,1-3H3;1H. The van der Waals surface area contributed by atoms with Crippen LogP contribution < -0.4 is 10.0 Å². The van der Waals surface area contributed by atoms with E-state index in [0.29, 0.717) is 17.8 Å². The minimum atomic E-state index is -3.58. The zero-order valence-electron chi connectivity index (χ0n) is 12.8. The number of aromatic nitrogens is 2.